The summed E-state index contributed by atoms with van der Waals surface area (Å²) >= 11 is 0. The summed E-state index contributed by atoms with van der Waals surface area (Å²) in [5.74, 6) is -0.373. The van der Waals surface area contributed by atoms with Crippen molar-refractivity contribution < 1.29 is 9.72 Å². The van der Waals surface area contributed by atoms with Crippen molar-refractivity contribution in [2.75, 3.05) is 5.32 Å². The number of nitrogens with one attached hydrogen (secondary N) is 2. The van der Waals surface area contributed by atoms with Gasteiger partial charge < -0.3 is 5.32 Å². The first-order valence-corrected chi connectivity index (χ1v) is 7.99. The third kappa shape index (κ3) is 3.89. The number of carbonyl (C=O) groups excluding carboxylic acids is 1. The van der Waals surface area contributed by atoms with Crippen LogP contribution in [0.4, 0.5) is 11.4 Å². The maximum Gasteiger partial charge on any atom is 0.312 e. The third-order valence-corrected chi connectivity index (χ3v) is 3.94. The second-order valence-electron chi connectivity index (χ2n) is 5.87. The smallest absolute Gasteiger partial charge is 0.312 e. The zero-order valence-corrected chi connectivity index (χ0v) is 14.6. The van der Waals surface area contributed by atoms with Crippen LogP contribution in [0, 0.1) is 24.0 Å². The molecule has 0 atom stereocenters. The number of nitro groups is 1. The SMILES string of the molecule is Cc1nn(CC(=O)Nc2cccc(-c3ccc(=O)[nH]n3)c2)c(C)c1[N+](=O)[O-]. The molecule has 3 rings (SSSR count). The molecule has 138 valence electrons. The highest BCUT2D eigenvalue weighted by Crippen LogP contribution is 2.22. The maximum atomic E-state index is 12.3. The fourth-order valence-electron chi connectivity index (χ4n) is 2.70. The predicted molar refractivity (Wildman–Crippen MR) is 97.3 cm³/mol. The minimum absolute atomic E-state index is 0.0889. The molecule has 0 aliphatic rings. The molecule has 2 aromatic heterocycles. The van der Waals surface area contributed by atoms with Crippen LogP contribution in [-0.2, 0) is 11.3 Å². The lowest BCUT2D eigenvalue weighted by molar-refractivity contribution is -0.386. The van der Waals surface area contributed by atoms with Gasteiger partial charge in [0.1, 0.15) is 17.9 Å². The van der Waals surface area contributed by atoms with Crippen molar-refractivity contribution in [3.05, 3.63) is 68.3 Å². The molecule has 2 N–H and O–H groups in total. The fraction of sp³-hybridized carbons (Fsp3) is 0.176. The highest BCUT2D eigenvalue weighted by atomic mass is 16.6. The minimum Gasteiger partial charge on any atom is -0.324 e. The van der Waals surface area contributed by atoms with Crippen LogP contribution in [0.2, 0.25) is 0 Å². The molecule has 27 heavy (non-hydrogen) atoms. The highest BCUT2D eigenvalue weighted by molar-refractivity contribution is 5.91. The topological polar surface area (TPSA) is 136 Å². The number of amides is 1. The monoisotopic (exact) mass is 368 g/mol. The number of rotatable bonds is 5. The Labute approximate surface area is 153 Å². The van der Waals surface area contributed by atoms with Gasteiger partial charge in [0.2, 0.25) is 5.91 Å². The summed E-state index contributed by atoms with van der Waals surface area (Å²) < 4.78 is 1.30. The largest absolute Gasteiger partial charge is 0.324 e. The van der Waals surface area contributed by atoms with Crippen molar-refractivity contribution in [2.24, 2.45) is 0 Å². The van der Waals surface area contributed by atoms with Gasteiger partial charge in [-0.05, 0) is 32.0 Å². The molecule has 0 radical (unpaired) electrons. The van der Waals surface area contributed by atoms with Crippen LogP contribution in [-0.4, -0.2) is 30.8 Å². The number of aromatic nitrogens is 4. The van der Waals surface area contributed by atoms with Crippen molar-refractivity contribution >= 4 is 17.3 Å². The van der Waals surface area contributed by atoms with E-state index in [1.165, 1.54) is 17.7 Å². The van der Waals surface area contributed by atoms with E-state index in [0.29, 0.717) is 22.6 Å². The van der Waals surface area contributed by atoms with E-state index in [0.717, 1.165) is 0 Å². The van der Waals surface area contributed by atoms with Gasteiger partial charge >= 0.3 is 5.69 Å². The van der Waals surface area contributed by atoms with Crippen LogP contribution in [0.15, 0.2) is 41.2 Å². The lowest BCUT2D eigenvalue weighted by Crippen LogP contribution is -2.20. The van der Waals surface area contributed by atoms with Crippen LogP contribution < -0.4 is 10.9 Å². The summed E-state index contributed by atoms with van der Waals surface area (Å²) in [6.45, 7) is 2.93. The Balaban J connectivity index is 1.76. The van der Waals surface area contributed by atoms with Gasteiger partial charge in [-0.1, -0.05) is 12.1 Å². The van der Waals surface area contributed by atoms with Crippen LogP contribution in [0.5, 0.6) is 0 Å². The third-order valence-electron chi connectivity index (χ3n) is 3.94. The van der Waals surface area contributed by atoms with Crippen LogP contribution in [0.25, 0.3) is 11.3 Å². The standard InChI is InChI=1S/C17H16N6O4/c1-10-17(23(26)27)11(2)22(21-10)9-16(25)18-13-5-3-4-12(8-13)14-6-7-15(24)20-19-14/h3-8H,9H2,1-2H3,(H,18,25)(H,20,24). The average molecular weight is 368 g/mol. The molecular weight excluding hydrogens is 352 g/mol. The number of benzene rings is 1. The molecular formula is C17H16N6O4. The highest BCUT2D eigenvalue weighted by Gasteiger charge is 2.22. The maximum absolute atomic E-state index is 12.3. The average Bonchev–Trinajstić information content (AvgIpc) is 2.89. The molecule has 0 spiro atoms. The molecule has 0 fully saturated rings. The van der Waals surface area contributed by atoms with Crippen LogP contribution in [0.3, 0.4) is 0 Å². The van der Waals surface area contributed by atoms with Gasteiger partial charge in [-0.15, -0.1) is 0 Å². The molecule has 0 saturated carbocycles. The molecule has 0 aliphatic heterocycles. The zero-order chi connectivity index (χ0) is 19.6. The summed E-state index contributed by atoms with van der Waals surface area (Å²) in [6.07, 6.45) is 0. The number of anilines is 1. The van der Waals surface area contributed by atoms with Crippen LogP contribution >= 0.6 is 0 Å². The Hall–Kier alpha value is -3.82. The normalized spacial score (nSPS) is 10.6. The second kappa shape index (κ2) is 7.20. The molecule has 1 aromatic carbocycles. The molecule has 1 amide bonds. The molecule has 3 aromatic rings. The van der Waals surface area contributed by atoms with Crippen LogP contribution in [0.1, 0.15) is 11.4 Å². The molecule has 0 unspecified atom stereocenters. The van der Waals surface area contributed by atoms with E-state index in [2.05, 4.69) is 20.6 Å². The Morgan fingerprint density at radius 3 is 2.70 bits per heavy atom. The summed E-state index contributed by atoms with van der Waals surface area (Å²) in [5.41, 5.74) is 1.98. The van der Waals surface area contributed by atoms with Crippen molar-refractivity contribution in [1.29, 1.82) is 0 Å². The van der Waals surface area contributed by atoms with E-state index < -0.39 is 4.92 Å². The summed E-state index contributed by atoms with van der Waals surface area (Å²) in [6, 6.07) is 9.89. The number of H-pyrrole nitrogens is 1. The Kier molecular flexibility index (Phi) is 4.79. The number of hydrogen-bond acceptors (Lipinski definition) is 6. The summed E-state index contributed by atoms with van der Waals surface area (Å²) in [4.78, 5) is 34.0. The van der Waals surface area contributed by atoms with Gasteiger partial charge in [-0.25, -0.2) is 5.10 Å². The lowest BCUT2D eigenvalue weighted by atomic mass is 10.1. The molecule has 10 heteroatoms. The van der Waals surface area contributed by atoms with E-state index in [9.17, 15) is 19.7 Å². The predicted octanol–water partition coefficient (Wildman–Crippen LogP) is 1.80. The van der Waals surface area contributed by atoms with Crippen molar-refractivity contribution in [2.45, 2.75) is 20.4 Å². The molecule has 10 nitrogen and oxygen atoms in total. The number of nitrogens with zero attached hydrogens (tertiary/aromatic N) is 4. The molecule has 0 bridgehead atoms. The number of carbonyl (C=O) groups is 1. The van der Waals surface area contributed by atoms with Crippen molar-refractivity contribution in [3.8, 4) is 11.3 Å². The van der Waals surface area contributed by atoms with Gasteiger partial charge in [-0.3, -0.25) is 24.4 Å². The van der Waals surface area contributed by atoms with Gasteiger partial charge in [0.15, 0.2) is 0 Å². The van der Waals surface area contributed by atoms with E-state index >= 15 is 0 Å². The van der Waals surface area contributed by atoms with E-state index in [1.54, 1.807) is 37.3 Å². The molecule has 0 saturated heterocycles. The Morgan fingerprint density at radius 1 is 1.30 bits per heavy atom. The number of hydrogen-bond donors (Lipinski definition) is 2. The van der Waals surface area contributed by atoms with E-state index in [1.807, 2.05) is 0 Å². The first-order chi connectivity index (χ1) is 12.8. The Morgan fingerprint density at radius 2 is 2.07 bits per heavy atom. The van der Waals surface area contributed by atoms with Crippen molar-refractivity contribution in [3.63, 3.8) is 0 Å². The van der Waals surface area contributed by atoms with Gasteiger partial charge in [-0.2, -0.15) is 10.2 Å². The minimum atomic E-state index is -0.507. The van der Waals surface area contributed by atoms with Gasteiger partial charge in [0.05, 0.1) is 10.6 Å². The first-order valence-electron chi connectivity index (χ1n) is 7.99. The summed E-state index contributed by atoms with van der Waals surface area (Å²) in [7, 11) is 0. The zero-order valence-electron chi connectivity index (χ0n) is 14.6. The second-order valence-corrected chi connectivity index (χ2v) is 5.87. The lowest BCUT2D eigenvalue weighted by Gasteiger charge is -2.08. The molecule has 2 heterocycles. The number of aromatic amines is 1. The van der Waals surface area contributed by atoms with E-state index in [4.69, 9.17) is 0 Å². The first kappa shape index (κ1) is 18.0. The van der Waals surface area contributed by atoms with Gasteiger partial charge in [0, 0.05) is 17.3 Å². The van der Waals surface area contributed by atoms with E-state index in [-0.39, 0.29) is 29.4 Å². The van der Waals surface area contributed by atoms with Gasteiger partial charge in [0.25, 0.3) is 5.56 Å². The molecule has 0 aliphatic carbocycles. The summed E-state index contributed by atoms with van der Waals surface area (Å²) in [5, 5.41) is 24.1. The fourth-order valence-corrected chi connectivity index (χ4v) is 2.70. The number of aryl methyl sites for hydroxylation is 1. The Bertz CT molecular complexity index is 1060. The quantitative estimate of drug-likeness (QED) is 0.520. The van der Waals surface area contributed by atoms with Crippen molar-refractivity contribution in [1.82, 2.24) is 20.0 Å².